The van der Waals surface area contributed by atoms with Crippen LogP contribution in [0.1, 0.15) is 24.2 Å². The quantitative estimate of drug-likeness (QED) is 0.534. The van der Waals surface area contributed by atoms with Crippen molar-refractivity contribution in [1.82, 2.24) is 14.3 Å². The molecule has 0 unspecified atom stereocenters. The molecular formula is C22H24N4O5S. The van der Waals surface area contributed by atoms with Crippen molar-refractivity contribution in [3.8, 4) is 22.9 Å². The van der Waals surface area contributed by atoms with Gasteiger partial charge in [-0.25, -0.2) is 18.4 Å². The second-order valence-corrected chi connectivity index (χ2v) is 8.66. The lowest BCUT2D eigenvalue weighted by molar-refractivity contribution is 0.102. The Morgan fingerprint density at radius 1 is 1.09 bits per heavy atom. The highest BCUT2D eigenvalue weighted by atomic mass is 32.2. The normalized spacial score (nSPS) is 11.4. The highest BCUT2D eigenvalue weighted by Crippen LogP contribution is 2.28. The number of sulfonamides is 1. The van der Waals surface area contributed by atoms with Crippen LogP contribution < -0.4 is 10.1 Å². The topological polar surface area (TPSA) is 122 Å². The molecule has 168 valence electrons. The Kier molecular flexibility index (Phi) is 7.06. The largest absolute Gasteiger partial charge is 0.508 e. The van der Waals surface area contributed by atoms with Crippen molar-refractivity contribution in [1.29, 1.82) is 0 Å². The van der Waals surface area contributed by atoms with E-state index in [9.17, 15) is 18.3 Å². The van der Waals surface area contributed by atoms with E-state index in [-0.39, 0.29) is 22.0 Å². The summed E-state index contributed by atoms with van der Waals surface area (Å²) in [5, 5.41) is 12.2. The fraction of sp³-hybridized carbons (Fsp3) is 0.227. The van der Waals surface area contributed by atoms with Gasteiger partial charge in [0.1, 0.15) is 16.4 Å². The first-order valence-electron chi connectivity index (χ1n) is 9.91. The van der Waals surface area contributed by atoms with E-state index in [0.717, 1.165) is 0 Å². The smallest absolute Gasteiger partial charge is 0.255 e. The van der Waals surface area contributed by atoms with Crippen LogP contribution in [0, 0.1) is 0 Å². The summed E-state index contributed by atoms with van der Waals surface area (Å²) < 4.78 is 32.5. The molecule has 0 saturated carbocycles. The number of aromatic nitrogens is 2. The summed E-state index contributed by atoms with van der Waals surface area (Å²) in [6, 6.07) is 10.7. The fourth-order valence-corrected chi connectivity index (χ4v) is 4.75. The standard InChI is InChI=1S/C22H24N4O5S/c1-4-26(5-2)32(29,30)20-12-16(9-10-19(20)31-3)22(28)25-17-13-23-21(24-14-17)15-7-6-8-18(27)11-15/h6-14,27H,4-5H2,1-3H3,(H,25,28). The molecule has 0 aliphatic carbocycles. The zero-order valence-electron chi connectivity index (χ0n) is 17.9. The monoisotopic (exact) mass is 456 g/mol. The number of phenolic OH excluding ortho intramolecular Hbond substituents is 1. The van der Waals surface area contributed by atoms with Crippen molar-refractivity contribution in [2.24, 2.45) is 0 Å². The third-order valence-corrected chi connectivity index (χ3v) is 6.83. The molecule has 10 heteroatoms. The summed E-state index contributed by atoms with van der Waals surface area (Å²) in [6.45, 7) is 4.07. The number of methoxy groups -OCH3 is 1. The Hall–Kier alpha value is -3.50. The maximum Gasteiger partial charge on any atom is 0.255 e. The summed E-state index contributed by atoms with van der Waals surface area (Å²) in [4.78, 5) is 21.1. The molecule has 2 aromatic carbocycles. The van der Waals surface area contributed by atoms with Crippen LogP contribution in [0.5, 0.6) is 11.5 Å². The first-order chi connectivity index (χ1) is 15.3. The summed E-state index contributed by atoms with van der Waals surface area (Å²) in [7, 11) is -2.45. The molecule has 1 amide bonds. The zero-order chi connectivity index (χ0) is 23.3. The fourth-order valence-electron chi connectivity index (χ4n) is 3.11. The van der Waals surface area contributed by atoms with Gasteiger partial charge in [0.05, 0.1) is 25.2 Å². The Morgan fingerprint density at radius 2 is 1.78 bits per heavy atom. The molecule has 0 bridgehead atoms. The lowest BCUT2D eigenvalue weighted by atomic mass is 10.2. The van der Waals surface area contributed by atoms with E-state index in [1.54, 1.807) is 32.0 Å². The molecule has 2 N–H and O–H groups in total. The molecule has 0 saturated heterocycles. The number of anilines is 1. The number of ether oxygens (including phenoxy) is 1. The number of carbonyl (C=O) groups is 1. The number of rotatable bonds is 8. The molecule has 0 spiro atoms. The Balaban J connectivity index is 1.85. The first-order valence-corrected chi connectivity index (χ1v) is 11.3. The molecule has 32 heavy (non-hydrogen) atoms. The Morgan fingerprint density at radius 3 is 2.38 bits per heavy atom. The molecular weight excluding hydrogens is 432 g/mol. The summed E-state index contributed by atoms with van der Waals surface area (Å²) in [5.41, 5.74) is 1.11. The highest BCUT2D eigenvalue weighted by molar-refractivity contribution is 7.89. The van der Waals surface area contributed by atoms with Crippen LogP contribution in [-0.2, 0) is 10.0 Å². The Labute approximate surface area is 186 Å². The predicted octanol–water partition coefficient (Wildman–Crippen LogP) is 3.14. The second kappa shape index (κ2) is 9.75. The van der Waals surface area contributed by atoms with E-state index in [2.05, 4.69) is 15.3 Å². The van der Waals surface area contributed by atoms with Gasteiger partial charge in [-0.3, -0.25) is 4.79 Å². The molecule has 0 atom stereocenters. The van der Waals surface area contributed by atoms with Crippen LogP contribution in [0.25, 0.3) is 11.4 Å². The average molecular weight is 457 g/mol. The predicted molar refractivity (Wildman–Crippen MR) is 120 cm³/mol. The minimum atomic E-state index is -3.83. The van der Waals surface area contributed by atoms with Gasteiger partial charge in [0.25, 0.3) is 5.91 Å². The zero-order valence-corrected chi connectivity index (χ0v) is 18.8. The van der Waals surface area contributed by atoms with E-state index in [1.165, 1.54) is 48.1 Å². The van der Waals surface area contributed by atoms with Gasteiger partial charge in [-0.2, -0.15) is 4.31 Å². The molecule has 0 fully saturated rings. The van der Waals surface area contributed by atoms with Crippen molar-refractivity contribution >= 4 is 21.6 Å². The van der Waals surface area contributed by atoms with Crippen LogP contribution in [-0.4, -0.2) is 53.9 Å². The van der Waals surface area contributed by atoms with Gasteiger partial charge in [-0.1, -0.05) is 26.0 Å². The number of hydrogen-bond acceptors (Lipinski definition) is 7. The molecule has 3 rings (SSSR count). The van der Waals surface area contributed by atoms with Crippen molar-refractivity contribution in [2.75, 3.05) is 25.5 Å². The van der Waals surface area contributed by atoms with Crippen LogP contribution in [0.2, 0.25) is 0 Å². The highest BCUT2D eigenvalue weighted by Gasteiger charge is 2.26. The van der Waals surface area contributed by atoms with Gasteiger partial charge in [0, 0.05) is 24.2 Å². The molecule has 0 radical (unpaired) electrons. The van der Waals surface area contributed by atoms with Gasteiger partial charge >= 0.3 is 0 Å². The maximum atomic E-state index is 13.0. The molecule has 0 aliphatic heterocycles. The molecule has 1 aromatic heterocycles. The molecule has 0 aliphatic rings. The van der Waals surface area contributed by atoms with Crippen LogP contribution >= 0.6 is 0 Å². The van der Waals surface area contributed by atoms with Gasteiger partial charge in [0.15, 0.2) is 5.82 Å². The molecule has 9 nitrogen and oxygen atoms in total. The summed E-state index contributed by atoms with van der Waals surface area (Å²) in [5.74, 6) is 0.124. The van der Waals surface area contributed by atoms with Gasteiger partial charge in [-0.15, -0.1) is 0 Å². The van der Waals surface area contributed by atoms with E-state index in [1.807, 2.05) is 0 Å². The number of nitrogens with zero attached hydrogens (tertiary/aromatic N) is 3. The summed E-state index contributed by atoms with van der Waals surface area (Å²) >= 11 is 0. The van der Waals surface area contributed by atoms with E-state index >= 15 is 0 Å². The number of carbonyl (C=O) groups excluding carboxylic acids is 1. The lowest BCUT2D eigenvalue weighted by Gasteiger charge is -2.20. The third kappa shape index (κ3) is 4.87. The van der Waals surface area contributed by atoms with Gasteiger partial charge < -0.3 is 15.2 Å². The van der Waals surface area contributed by atoms with Crippen LogP contribution in [0.15, 0.2) is 59.8 Å². The average Bonchev–Trinajstić information content (AvgIpc) is 2.79. The van der Waals surface area contributed by atoms with Gasteiger partial charge in [0.2, 0.25) is 10.0 Å². The number of hydrogen-bond donors (Lipinski definition) is 2. The van der Waals surface area contributed by atoms with E-state index < -0.39 is 15.9 Å². The maximum absolute atomic E-state index is 13.0. The van der Waals surface area contributed by atoms with E-state index in [0.29, 0.717) is 30.2 Å². The van der Waals surface area contributed by atoms with Crippen molar-refractivity contribution in [3.63, 3.8) is 0 Å². The molecule has 1 heterocycles. The van der Waals surface area contributed by atoms with Crippen molar-refractivity contribution in [3.05, 3.63) is 60.4 Å². The number of nitrogens with one attached hydrogen (secondary N) is 1. The lowest BCUT2D eigenvalue weighted by Crippen LogP contribution is -2.31. The van der Waals surface area contributed by atoms with Crippen molar-refractivity contribution in [2.45, 2.75) is 18.7 Å². The number of phenols is 1. The van der Waals surface area contributed by atoms with Crippen LogP contribution in [0.3, 0.4) is 0 Å². The Bertz CT molecular complexity index is 1210. The van der Waals surface area contributed by atoms with Gasteiger partial charge in [-0.05, 0) is 30.3 Å². The number of amides is 1. The second-order valence-electron chi connectivity index (χ2n) is 6.75. The van der Waals surface area contributed by atoms with Crippen LogP contribution in [0.4, 0.5) is 5.69 Å². The SMILES string of the molecule is CCN(CC)S(=O)(=O)c1cc(C(=O)Nc2cnc(-c3cccc(O)c3)nc2)ccc1OC. The minimum absolute atomic E-state index is 0.0770. The third-order valence-electron chi connectivity index (χ3n) is 4.76. The molecule has 3 aromatic rings. The minimum Gasteiger partial charge on any atom is -0.508 e. The summed E-state index contributed by atoms with van der Waals surface area (Å²) in [6.07, 6.45) is 2.86. The van der Waals surface area contributed by atoms with E-state index in [4.69, 9.17) is 4.74 Å². The number of aromatic hydroxyl groups is 1. The number of benzene rings is 2. The van der Waals surface area contributed by atoms with Crippen molar-refractivity contribution < 1.29 is 23.1 Å². The first kappa shape index (κ1) is 23.2.